The average Bonchev–Trinajstić information content (AvgIpc) is 2.47. The molecular formula is C16H16O4. The first kappa shape index (κ1) is 14.1. The summed E-state index contributed by atoms with van der Waals surface area (Å²) < 4.78 is 5.07. The maximum Gasteiger partial charge on any atom is 0.307 e. The van der Waals surface area contributed by atoms with Gasteiger partial charge in [0.2, 0.25) is 0 Å². The van der Waals surface area contributed by atoms with E-state index in [1.807, 2.05) is 0 Å². The Labute approximate surface area is 117 Å². The molecule has 0 aliphatic heterocycles. The number of hydrogen-bond acceptors (Lipinski definition) is 3. The third kappa shape index (κ3) is 3.36. The van der Waals surface area contributed by atoms with E-state index in [4.69, 9.17) is 9.84 Å². The molecule has 0 radical (unpaired) electrons. The Hall–Kier alpha value is -2.33. The number of aliphatic hydroxyl groups excluding tert-OH is 1. The zero-order valence-electron chi connectivity index (χ0n) is 11.1. The molecule has 2 aromatic carbocycles. The molecule has 0 aromatic heterocycles. The summed E-state index contributed by atoms with van der Waals surface area (Å²) in [6, 6.07) is 14.1. The van der Waals surface area contributed by atoms with Gasteiger partial charge in [-0.25, -0.2) is 0 Å². The van der Waals surface area contributed by atoms with Crippen LogP contribution in [-0.2, 0) is 11.2 Å². The lowest BCUT2D eigenvalue weighted by Gasteiger charge is -2.12. The van der Waals surface area contributed by atoms with E-state index >= 15 is 0 Å². The van der Waals surface area contributed by atoms with Gasteiger partial charge in [0.25, 0.3) is 0 Å². The summed E-state index contributed by atoms with van der Waals surface area (Å²) in [5, 5.41) is 19.0. The largest absolute Gasteiger partial charge is 0.497 e. The van der Waals surface area contributed by atoms with Crippen molar-refractivity contribution in [2.45, 2.75) is 12.5 Å². The van der Waals surface area contributed by atoms with Crippen molar-refractivity contribution in [1.29, 1.82) is 0 Å². The minimum atomic E-state index is -0.867. The second-order valence-electron chi connectivity index (χ2n) is 4.49. The van der Waals surface area contributed by atoms with Crippen LogP contribution in [0.3, 0.4) is 0 Å². The van der Waals surface area contributed by atoms with Crippen LogP contribution in [0.1, 0.15) is 22.8 Å². The maximum absolute atomic E-state index is 10.6. The van der Waals surface area contributed by atoms with Crippen LogP contribution in [0.25, 0.3) is 0 Å². The van der Waals surface area contributed by atoms with E-state index in [1.54, 1.807) is 55.6 Å². The molecule has 4 nitrogen and oxygen atoms in total. The Morgan fingerprint density at radius 3 is 2.00 bits per heavy atom. The van der Waals surface area contributed by atoms with Crippen molar-refractivity contribution < 1.29 is 19.7 Å². The highest BCUT2D eigenvalue weighted by Gasteiger charge is 2.10. The fourth-order valence-electron chi connectivity index (χ4n) is 1.97. The predicted octanol–water partition coefficient (Wildman–Crippen LogP) is 2.40. The predicted molar refractivity (Wildman–Crippen MR) is 74.8 cm³/mol. The number of aliphatic hydroxyl groups is 1. The highest BCUT2D eigenvalue weighted by atomic mass is 16.5. The van der Waals surface area contributed by atoms with Gasteiger partial charge in [-0.3, -0.25) is 4.79 Å². The Balaban J connectivity index is 2.15. The minimum absolute atomic E-state index is 0.0150. The normalized spacial score (nSPS) is 11.9. The van der Waals surface area contributed by atoms with E-state index in [-0.39, 0.29) is 6.42 Å². The summed E-state index contributed by atoms with van der Waals surface area (Å²) in [5.74, 6) is -0.133. The lowest BCUT2D eigenvalue weighted by Crippen LogP contribution is -2.02. The van der Waals surface area contributed by atoms with Crippen LogP contribution in [-0.4, -0.2) is 23.3 Å². The average molecular weight is 272 g/mol. The van der Waals surface area contributed by atoms with Crippen molar-refractivity contribution in [3.8, 4) is 5.75 Å². The van der Waals surface area contributed by atoms with Gasteiger partial charge in [0.05, 0.1) is 13.5 Å². The van der Waals surface area contributed by atoms with Gasteiger partial charge < -0.3 is 14.9 Å². The van der Waals surface area contributed by atoms with Crippen LogP contribution in [0.15, 0.2) is 48.5 Å². The lowest BCUT2D eigenvalue weighted by molar-refractivity contribution is -0.136. The van der Waals surface area contributed by atoms with Gasteiger partial charge >= 0.3 is 5.97 Å². The van der Waals surface area contributed by atoms with E-state index in [2.05, 4.69) is 0 Å². The van der Waals surface area contributed by atoms with E-state index in [1.165, 1.54) is 0 Å². The van der Waals surface area contributed by atoms with Gasteiger partial charge in [-0.2, -0.15) is 0 Å². The quantitative estimate of drug-likeness (QED) is 0.877. The van der Waals surface area contributed by atoms with Crippen molar-refractivity contribution in [3.05, 3.63) is 65.2 Å². The summed E-state index contributed by atoms with van der Waals surface area (Å²) in [7, 11) is 1.59. The molecule has 0 bridgehead atoms. The Kier molecular flexibility index (Phi) is 4.38. The number of carbonyl (C=O) groups is 1. The number of carboxylic acid groups (broad SMARTS) is 1. The molecule has 0 heterocycles. The molecule has 104 valence electrons. The standard InChI is InChI=1S/C16H16O4/c1-20-14-8-6-13(7-9-14)16(19)12-4-2-11(3-5-12)10-15(17)18/h2-9,16,19H,10H2,1H3,(H,17,18). The summed E-state index contributed by atoms with van der Waals surface area (Å²) in [6.45, 7) is 0. The molecule has 1 atom stereocenters. The topological polar surface area (TPSA) is 66.8 Å². The zero-order valence-corrected chi connectivity index (χ0v) is 11.1. The second kappa shape index (κ2) is 6.21. The Morgan fingerprint density at radius 2 is 1.55 bits per heavy atom. The van der Waals surface area contributed by atoms with Crippen molar-refractivity contribution in [1.82, 2.24) is 0 Å². The number of ether oxygens (including phenoxy) is 1. The van der Waals surface area contributed by atoms with Gasteiger partial charge in [0.15, 0.2) is 0 Å². The van der Waals surface area contributed by atoms with Gasteiger partial charge in [-0.15, -0.1) is 0 Å². The monoisotopic (exact) mass is 272 g/mol. The van der Waals surface area contributed by atoms with E-state index in [9.17, 15) is 9.90 Å². The van der Waals surface area contributed by atoms with Crippen molar-refractivity contribution in [2.75, 3.05) is 7.11 Å². The van der Waals surface area contributed by atoms with Gasteiger partial charge in [0.1, 0.15) is 11.9 Å². The van der Waals surface area contributed by atoms with Crippen LogP contribution >= 0.6 is 0 Å². The van der Waals surface area contributed by atoms with Gasteiger partial charge in [-0.05, 0) is 28.8 Å². The Morgan fingerprint density at radius 1 is 1.05 bits per heavy atom. The highest BCUT2D eigenvalue weighted by Crippen LogP contribution is 2.24. The molecule has 0 saturated carbocycles. The van der Waals surface area contributed by atoms with Crippen LogP contribution in [0.4, 0.5) is 0 Å². The minimum Gasteiger partial charge on any atom is -0.497 e. The van der Waals surface area contributed by atoms with Crippen molar-refractivity contribution in [2.24, 2.45) is 0 Å². The van der Waals surface area contributed by atoms with Crippen LogP contribution in [0.5, 0.6) is 5.75 Å². The summed E-state index contributed by atoms with van der Waals surface area (Å²) in [6.07, 6.45) is -0.751. The third-order valence-corrected chi connectivity index (χ3v) is 3.08. The summed E-state index contributed by atoms with van der Waals surface area (Å²) in [5.41, 5.74) is 2.20. The van der Waals surface area contributed by atoms with Crippen molar-refractivity contribution >= 4 is 5.97 Å². The molecule has 0 saturated heterocycles. The van der Waals surface area contributed by atoms with Gasteiger partial charge in [-0.1, -0.05) is 36.4 Å². The number of benzene rings is 2. The lowest BCUT2D eigenvalue weighted by atomic mass is 10.00. The van der Waals surface area contributed by atoms with Crippen LogP contribution in [0, 0.1) is 0 Å². The number of hydrogen-bond donors (Lipinski definition) is 2. The first-order valence-electron chi connectivity index (χ1n) is 6.23. The molecule has 2 aromatic rings. The molecular weight excluding hydrogens is 256 g/mol. The van der Waals surface area contributed by atoms with Crippen molar-refractivity contribution in [3.63, 3.8) is 0 Å². The molecule has 2 N–H and O–H groups in total. The maximum atomic E-state index is 10.6. The number of aliphatic carboxylic acids is 1. The molecule has 0 aliphatic carbocycles. The summed E-state index contributed by atoms with van der Waals surface area (Å²) >= 11 is 0. The van der Waals surface area contributed by atoms with Crippen LogP contribution in [0.2, 0.25) is 0 Å². The highest BCUT2D eigenvalue weighted by molar-refractivity contribution is 5.70. The third-order valence-electron chi connectivity index (χ3n) is 3.08. The number of carboxylic acids is 1. The first-order chi connectivity index (χ1) is 9.60. The molecule has 1 unspecified atom stereocenters. The molecule has 0 aliphatic rings. The molecule has 4 heteroatoms. The second-order valence-corrected chi connectivity index (χ2v) is 4.49. The number of rotatable bonds is 5. The molecule has 20 heavy (non-hydrogen) atoms. The van der Waals surface area contributed by atoms with Gasteiger partial charge in [0, 0.05) is 0 Å². The smallest absolute Gasteiger partial charge is 0.307 e. The summed E-state index contributed by atoms with van der Waals surface area (Å²) in [4.78, 5) is 10.6. The van der Waals surface area contributed by atoms with E-state index in [0.29, 0.717) is 5.56 Å². The van der Waals surface area contributed by atoms with E-state index < -0.39 is 12.1 Å². The first-order valence-corrected chi connectivity index (χ1v) is 6.23. The molecule has 2 rings (SSSR count). The fourth-order valence-corrected chi connectivity index (χ4v) is 1.97. The zero-order chi connectivity index (χ0) is 14.5. The molecule has 0 spiro atoms. The molecule has 0 fully saturated rings. The Bertz CT molecular complexity index is 572. The number of methoxy groups -OCH3 is 1. The fraction of sp³-hybridized carbons (Fsp3) is 0.188. The van der Waals surface area contributed by atoms with Crippen LogP contribution < -0.4 is 4.74 Å². The van der Waals surface area contributed by atoms with E-state index in [0.717, 1.165) is 16.9 Å². The molecule has 0 amide bonds. The SMILES string of the molecule is COc1ccc(C(O)c2ccc(CC(=O)O)cc2)cc1.